The van der Waals surface area contributed by atoms with Crippen LogP contribution in [-0.4, -0.2) is 18.9 Å². The Bertz CT molecular complexity index is 1350. The minimum Gasteiger partial charge on any atom is -0.489 e. The van der Waals surface area contributed by atoms with Crippen molar-refractivity contribution in [3.63, 3.8) is 0 Å². The molecule has 0 amide bonds. The van der Waals surface area contributed by atoms with E-state index in [0.29, 0.717) is 39.8 Å². The molecule has 0 fully saturated rings. The molecule has 1 heterocycles. The number of Topliss-reactive ketones (excluding diaryl/α,β-unsaturated/α-hetero) is 1. The van der Waals surface area contributed by atoms with Gasteiger partial charge in [0.25, 0.3) is 0 Å². The number of methoxy groups -OCH3 is 1. The van der Waals surface area contributed by atoms with Crippen LogP contribution < -0.4 is 10.1 Å². The van der Waals surface area contributed by atoms with Crippen LogP contribution in [0.1, 0.15) is 39.9 Å². The topological polar surface area (TPSA) is 64.6 Å². The quantitative estimate of drug-likeness (QED) is 0.486. The first-order valence-corrected chi connectivity index (χ1v) is 11.3. The third-order valence-corrected chi connectivity index (χ3v) is 6.44. The number of hydrogen-bond acceptors (Lipinski definition) is 5. The summed E-state index contributed by atoms with van der Waals surface area (Å²) in [5, 5.41) is 3.97. The highest BCUT2D eigenvalue weighted by molar-refractivity contribution is 6.30. The first kappa shape index (κ1) is 22.0. The number of ketones is 1. The molecule has 1 aliphatic heterocycles. The molecule has 3 aromatic rings. The Labute approximate surface area is 202 Å². The summed E-state index contributed by atoms with van der Waals surface area (Å²) in [5.74, 6) is -0.412. The number of halogens is 1. The van der Waals surface area contributed by atoms with Crippen molar-refractivity contribution in [2.45, 2.75) is 19.4 Å². The molecular weight excluding hydrogens is 450 g/mol. The molecule has 0 saturated carbocycles. The van der Waals surface area contributed by atoms with E-state index in [-0.39, 0.29) is 5.78 Å². The molecule has 3 aromatic carbocycles. The summed E-state index contributed by atoms with van der Waals surface area (Å²) in [7, 11) is 1.35. The smallest absolute Gasteiger partial charge is 0.336 e. The monoisotopic (exact) mass is 471 g/mol. The summed E-state index contributed by atoms with van der Waals surface area (Å²) in [6.07, 6.45) is 0. The molecule has 170 valence electrons. The van der Waals surface area contributed by atoms with Gasteiger partial charge in [0.1, 0.15) is 12.4 Å². The Hall–Kier alpha value is -3.83. The van der Waals surface area contributed by atoms with Crippen molar-refractivity contribution in [3.8, 4) is 5.75 Å². The van der Waals surface area contributed by atoms with E-state index in [4.69, 9.17) is 21.1 Å². The Balaban J connectivity index is 1.49. The normalized spacial score (nSPS) is 16.7. The van der Waals surface area contributed by atoms with Crippen molar-refractivity contribution < 1.29 is 19.1 Å². The number of esters is 1. The third-order valence-electron chi connectivity index (χ3n) is 6.19. The molecule has 1 atom stereocenters. The maximum Gasteiger partial charge on any atom is 0.336 e. The third kappa shape index (κ3) is 3.78. The standard InChI is InChI=1S/C28H22ClNO4/c1-16-23(28(32)33-2)24(25-26(30-16)21-5-3-4-6-22(21)27(25)31)18-9-13-20(14-10-18)34-15-17-7-11-19(29)12-8-17/h3-14,24,30H,15H2,1-2H3/t24-/m0/s1. The zero-order chi connectivity index (χ0) is 23.8. The summed E-state index contributed by atoms with van der Waals surface area (Å²) in [4.78, 5) is 26.2. The average Bonchev–Trinajstić information content (AvgIpc) is 3.14. The van der Waals surface area contributed by atoms with Crippen LogP contribution in [-0.2, 0) is 16.1 Å². The van der Waals surface area contributed by atoms with E-state index in [9.17, 15) is 9.59 Å². The molecule has 0 unspecified atom stereocenters. The van der Waals surface area contributed by atoms with Gasteiger partial charge in [-0.15, -0.1) is 0 Å². The predicted octanol–water partition coefficient (Wildman–Crippen LogP) is 5.66. The van der Waals surface area contributed by atoms with Crippen molar-refractivity contribution >= 4 is 29.1 Å². The second kappa shape index (κ2) is 8.84. The summed E-state index contributed by atoms with van der Waals surface area (Å²) < 4.78 is 11.0. The van der Waals surface area contributed by atoms with Crippen LogP contribution in [0.5, 0.6) is 5.75 Å². The number of carbonyl (C=O) groups excluding carboxylic acids is 2. The molecular formula is C28H22ClNO4. The van der Waals surface area contributed by atoms with E-state index in [1.54, 1.807) is 0 Å². The summed E-state index contributed by atoms with van der Waals surface area (Å²) >= 11 is 5.94. The zero-order valence-electron chi connectivity index (χ0n) is 18.7. The number of benzene rings is 3. The van der Waals surface area contributed by atoms with E-state index >= 15 is 0 Å². The number of dihydropyridines is 1. The van der Waals surface area contributed by atoms with Crippen molar-refractivity contribution in [1.82, 2.24) is 5.32 Å². The van der Waals surface area contributed by atoms with E-state index in [2.05, 4.69) is 5.32 Å². The summed E-state index contributed by atoms with van der Waals surface area (Å²) in [5.41, 5.74) is 5.70. The highest BCUT2D eigenvalue weighted by Crippen LogP contribution is 2.46. The fourth-order valence-electron chi connectivity index (χ4n) is 4.55. The second-order valence-electron chi connectivity index (χ2n) is 8.24. The van der Waals surface area contributed by atoms with Gasteiger partial charge in [0.15, 0.2) is 5.78 Å². The number of nitrogens with one attached hydrogen (secondary N) is 1. The molecule has 0 saturated heterocycles. The number of carbonyl (C=O) groups is 2. The Morgan fingerprint density at radius 2 is 1.65 bits per heavy atom. The minimum absolute atomic E-state index is 0.0833. The average molecular weight is 472 g/mol. The van der Waals surface area contributed by atoms with Crippen molar-refractivity contribution in [3.05, 3.63) is 117 Å². The number of rotatable bonds is 5. The van der Waals surface area contributed by atoms with E-state index in [1.807, 2.05) is 79.7 Å². The van der Waals surface area contributed by atoms with Crippen LogP contribution in [0.2, 0.25) is 5.02 Å². The summed E-state index contributed by atoms with van der Waals surface area (Å²) in [6, 6.07) is 22.5. The number of ether oxygens (including phenoxy) is 2. The molecule has 34 heavy (non-hydrogen) atoms. The van der Waals surface area contributed by atoms with Gasteiger partial charge in [0, 0.05) is 33.3 Å². The van der Waals surface area contributed by atoms with Crippen LogP contribution in [0.3, 0.4) is 0 Å². The Morgan fingerprint density at radius 3 is 2.32 bits per heavy atom. The molecule has 2 aliphatic rings. The fourth-order valence-corrected chi connectivity index (χ4v) is 4.67. The molecule has 0 aromatic heterocycles. The second-order valence-corrected chi connectivity index (χ2v) is 8.67. The van der Waals surface area contributed by atoms with E-state index < -0.39 is 11.9 Å². The molecule has 1 aliphatic carbocycles. The van der Waals surface area contributed by atoms with Crippen molar-refractivity contribution in [1.29, 1.82) is 0 Å². The highest BCUT2D eigenvalue weighted by Gasteiger charge is 2.42. The lowest BCUT2D eigenvalue weighted by Crippen LogP contribution is -2.29. The van der Waals surface area contributed by atoms with E-state index in [1.165, 1.54) is 7.11 Å². The Kier molecular flexibility index (Phi) is 5.72. The minimum atomic E-state index is -0.547. The zero-order valence-corrected chi connectivity index (χ0v) is 19.5. The van der Waals surface area contributed by atoms with Gasteiger partial charge in [-0.2, -0.15) is 0 Å². The van der Waals surface area contributed by atoms with Crippen molar-refractivity contribution in [2.75, 3.05) is 7.11 Å². The maximum atomic E-state index is 13.4. The molecule has 0 spiro atoms. The van der Waals surface area contributed by atoms with Gasteiger partial charge in [0.2, 0.25) is 0 Å². The summed E-state index contributed by atoms with van der Waals surface area (Å²) in [6.45, 7) is 2.23. The lowest BCUT2D eigenvalue weighted by Gasteiger charge is -2.29. The lowest BCUT2D eigenvalue weighted by atomic mass is 9.80. The molecule has 0 bridgehead atoms. The molecule has 6 heteroatoms. The lowest BCUT2D eigenvalue weighted by molar-refractivity contribution is -0.136. The number of hydrogen-bond donors (Lipinski definition) is 1. The molecule has 5 nitrogen and oxygen atoms in total. The maximum absolute atomic E-state index is 13.4. The van der Waals surface area contributed by atoms with E-state index in [0.717, 1.165) is 22.4 Å². The predicted molar refractivity (Wildman–Crippen MR) is 131 cm³/mol. The van der Waals surface area contributed by atoms with Crippen LogP contribution >= 0.6 is 11.6 Å². The first-order chi connectivity index (χ1) is 16.5. The molecule has 1 N–H and O–H groups in total. The van der Waals surface area contributed by atoms with Crippen molar-refractivity contribution in [2.24, 2.45) is 0 Å². The van der Waals surface area contributed by atoms with Crippen LogP contribution in [0, 0.1) is 0 Å². The van der Waals surface area contributed by atoms with Gasteiger partial charge in [0.05, 0.1) is 18.4 Å². The van der Waals surface area contributed by atoms with Crippen LogP contribution in [0.4, 0.5) is 0 Å². The van der Waals surface area contributed by atoms with Gasteiger partial charge in [-0.3, -0.25) is 4.79 Å². The number of fused-ring (bicyclic) bond motifs is 2. The van der Waals surface area contributed by atoms with Gasteiger partial charge >= 0.3 is 5.97 Å². The first-order valence-electron chi connectivity index (χ1n) is 10.9. The van der Waals surface area contributed by atoms with Crippen LogP contribution in [0.25, 0.3) is 5.70 Å². The molecule has 0 radical (unpaired) electrons. The van der Waals surface area contributed by atoms with Gasteiger partial charge < -0.3 is 14.8 Å². The SMILES string of the molecule is COC(=O)C1=C(C)NC2=C(C(=O)c3ccccc32)[C@H]1c1ccc(OCc2ccc(Cl)cc2)cc1. The Morgan fingerprint density at radius 1 is 0.971 bits per heavy atom. The van der Waals surface area contributed by atoms with Gasteiger partial charge in [-0.05, 0) is 42.3 Å². The largest absolute Gasteiger partial charge is 0.489 e. The van der Waals surface area contributed by atoms with Gasteiger partial charge in [-0.25, -0.2) is 4.79 Å². The number of allylic oxidation sites excluding steroid dienone is 2. The van der Waals surface area contributed by atoms with Crippen LogP contribution in [0.15, 0.2) is 89.6 Å². The molecule has 5 rings (SSSR count). The van der Waals surface area contributed by atoms with Gasteiger partial charge in [-0.1, -0.05) is 60.1 Å². The fraction of sp³-hybridized carbons (Fsp3) is 0.143. The highest BCUT2D eigenvalue weighted by atomic mass is 35.5.